The Hall–Kier alpha value is -3.97. The monoisotopic (exact) mass is 779 g/mol. The van der Waals surface area contributed by atoms with Crippen LogP contribution in [-0.2, 0) is 41.8 Å². The number of nitrogens with zero attached hydrogens (tertiary/aromatic N) is 2. The van der Waals surface area contributed by atoms with Gasteiger partial charge in [-0.15, -0.1) is 0 Å². The topological polar surface area (TPSA) is 125 Å². The van der Waals surface area contributed by atoms with E-state index in [0.717, 1.165) is 38.2 Å². The zero-order chi connectivity index (χ0) is 38.4. The molecule has 288 valence electrons. The molecule has 13 heteroatoms. The largest absolute Gasteiger partial charge is 0.490 e. The van der Waals surface area contributed by atoms with Crippen LogP contribution in [0.2, 0.25) is 5.02 Å². The molecule has 1 fully saturated rings. The first-order valence-corrected chi connectivity index (χ1v) is 20.4. The van der Waals surface area contributed by atoms with E-state index in [4.69, 9.17) is 21.1 Å². The van der Waals surface area contributed by atoms with Crippen molar-refractivity contribution in [3.8, 4) is 5.75 Å². The van der Waals surface area contributed by atoms with Crippen molar-refractivity contribution in [2.24, 2.45) is 11.8 Å². The molecule has 5 atom stereocenters. The minimum atomic E-state index is -4.65. The van der Waals surface area contributed by atoms with Gasteiger partial charge in [0.25, 0.3) is 15.9 Å². The number of methoxy groups -OCH3 is 1. The second kappa shape index (κ2) is 14.9. The highest BCUT2D eigenvalue weighted by Gasteiger charge is 2.47. The van der Waals surface area contributed by atoms with E-state index >= 15 is 0 Å². The van der Waals surface area contributed by atoms with Crippen molar-refractivity contribution in [3.63, 3.8) is 0 Å². The Bertz CT molecular complexity index is 2100. The van der Waals surface area contributed by atoms with Gasteiger partial charge in [0.15, 0.2) is 5.60 Å². The van der Waals surface area contributed by atoms with Crippen molar-refractivity contribution >= 4 is 39.1 Å². The van der Waals surface area contributed by atoms with Crippen LogP contribution >= 0.6 is 11.6 Å². The van der Waals surface area contributed by atoms with Crippen LogP contribution < -0.4 is 14.4 Å². The molecule has 0 unspecified atom stereocenters. The molecule has 7 rings (SSSR count). The summed E-state index contributed by atoms with van der Waals surface area (Å²) in [6.07, 6.45) is 8.42. The summed E-state index contributed by atoms with van der Waals surface area (Å²) in [6, 6.07) is 14.2. The van der Waals surface area contributed by atoms with Gasteiger partial charge in [-0.3, -0.25) is 9.59 Å². The molecular weight excluding hydrogens is 733 g/mol. The lowest BCUT2D eigenvalue weighted by Gasteiger charge is -2.46. The van der Waals surface area contributed by atoms with Crippen LogP contribution in [-0.4, -0.2) is 76.7 Å². The number of benzene rings is 3. The third kappa shape index (κ3) is 7.25. The molecular formula is C41H47ClFN3O7S. The smallest absolute Gasteiger partial charge is 0.270 e. The molecule has 0 saturated heterocycles. The highest BCUT2D eigenvalue weighted by Crippen LogP contribution is 2.48. The number of anilines is 1. The first kappa shape index (κ1) is 38.3. The van der Waals surface area contributed by atoms with Crippen LogP contribution in [0.1, 0.15) is 60.8 Å². The van der Waals surface area contributed by atoms with Gasteiger partial charge in [-0.2, -0.15) is 0 Å². The van der Waals surface area contributed by atoms with E-state index in [2.05, 4.69) is 17.0 Å². The fourth-order valence-electron chi connectivity index (χ4n) is 8.60. The van der Waals surface area contributed by atoms with Gasteiger partial charge in [-0.25, -0.2) is 17.5 Å². The number of carbonyl (C=O) groups excluding carboxylic acids is 2. The standard InChI is InChI=1S/C41H47ClFN3O7S/c1-26-9-13-31(21-34(26)43)54(50,51)44-39(48)41(49)22-38(47)45(2)18-5-4-8-36(52-3)32-14-10-28(32)23-46-24-40(25-53-37-16-11-29(41)20-35(37)46)17-6-7-27-19-30(42)12-15-33(27)40/h4,8-9,11-13,15-16,19-21,28,32,36,49H,5-7,10,14,17-18,22-25H2,1-3H3,(H,44,48)/b8-4+/t28-,32+,36-,40-,41+/m0/s1. The predicted octanol–water partition coefficient (Wildman–Crippen LogP) is 5.80. The summed E-state index contributed by atoms with van der Waals surface area (Å²) in [7, 11) is -1.36. The molecule has 4 aliphatic rings. The van der Waals surface area contributed by atoms with Crippen LogP contribution in [0.4, 0.5) is 10.1 Å². The van der Waals surface area contributed by atoms with Crippen LogP contribution in [0, 0.1) is 24.6 Å². The van der Waals surface area contributed by atoms with Crippen molar-refractivity contribution in [3.05, 3.63) is 99.8 Å². The molecule has 54 heavy (non-hydrogen) atoms. The Morgan fingerprint density at radius 1 is 1.13 bits per heavy atom. The lowest BCUT2D eigenvalue weighted by atomic mass is 9.68. The van der Waals surface area contributed by atoms with Crippen molar-refractivity contribution in [1.29, 1.82) is 0 Å². The third-order valence-electron chi connectivity index (χ3n) is 12.0. The molecule has 2 aliphatic heterocycles. The number of hydrogen-bond donors (Lipinski definition) is 2. The zero-order valence-electron chi connectivity index (χ0n) is 30.8. The van der Waals surface area contributed by atoms with E-state index in [-0.39, 0.29) is 34.5 Å². The molecule has 1 saturated carbocycles. The summed E-state index contributed by atoms with van der Waals surface area (Å²) in [5.74, 6) is -1.61. The molecule has 2 N–H and O–H groups in total. The lowest BCUT2D eigenvalue weighted by Crippen LogP contribution is -2.50. The van der Waals surface area contributed by atoms with Crippen molar-refractivity contribution in [2.45, 2.75) is 73.9 Å². The first-order chi connectivity index (χ1) is 25.7. The van der Waals surface area contributed by atoms with Gasteiger partial charge in [-0.1, -0.05) is 42.0 Å². The maximum atomic E-state index is 14.5. The normalized spacial score (nSPS) is 27.9. The Morgan fingerprint density at radius 2 is 1.94 bits per heavy atom. The van der Waals surface area contributed by atoms with Crippen LogP contribution in [0.5, 0.6) is 5.75 Å². The second-order valence-corrected chi connectivity index (χ2v) is 17.5. The fraction of sp³-hybridized carbons (Fsp3) is 0.463. The Morgan fingerprint density at radius 3 is 2.69 bits per heavy atom. The Balaban J connectivity index is 1.33. The van der Waals surface area contributed by atoms with Gasteiger partial charge in [0.05, 0.1) is 29.7 Å². The van der Waals surface area contributed by atoms with Crippen molar-refractivity contribution in [1.82, 2.24) is 9.62 Å². The minimum Gasteiger partial charge on any atom is -0.490 e. The maximum Gasteiger partial charge on any atom is 0.270 e. The summed E-state index contributed by atoms with van der Waals surface area (Å²) >= 11 is 6.45. The molecule has 2 amide bonds. The molecule has 2 bridgehead atoms. The number of aryl methyl sites for hydroxylation is 2. The van der Waals surface area contributed by atoms with Gasteiger partial charge in [0.2, 0.25) is 5.91 Å². The third-order valence-corrected chi connectivity index (χ3v) is 13.5. The number of hydrogen-bond acceptors (Lipinski definition) is 8. The first-order valence-electron chi connectivity index (χ1n) is 18.5. The highest BCUT2D eigenvalue weighted by molar-refractivity contribution is 7.90. The van der Waals surface area contributed by atoms with E-state index in [1.54, 1.807) is 26.3 Å². The minimum absolute atomic E-state index is 0.0260. The van der Waals surface area contributed by atoms with Gasteiger partial charge < -0.3 is 24.4 Å². The van der Waals surface area contributed by atoms with E-state index in [1.807, 2.05) is 22.9 Å². The van der Waals surface area contributed by atoms with Gasteiger partial charge in [-0.05, 0) is 116 Å². The number of sulfonamides is 1. The summed E-state index contributed by atoms with van der Waals surface area (Å²) in [5, 5.41) is 13.1. The summed E-state index contributed by atoms with van der Waals surface area (Å²) < 4.78 is 56.0. The maximum absolute atomic E-state index is 14.5. The average Bonchev–Trinajstić information content (AvgIpc) is 3.28. The Labute approximate surface area is 321 Å². The van der Waals surface area contributed by atoms with Crippen molar-refractivity contribution < 1.29 is 37.0 Å². The van der Waals surface area contributed by atoms with Crippen LogP contribution in [0.25, 0.3) is 0 Å². The number of rotatable bonds is 4. The second-order valence-electron chi connectivity index (χ2n) is 15.4. The SMILES string of the molecule is CO[C@H]1/C=C/CCN(C)C(=O)C[C@](O)(C(=O)NS(=O)(=O)c2ccc(C)c(F)c2)c2ccc3c(c2)N(C[C@@H]2CC[C@H]21)C[C@@]1(CCCc2cc(Cl)ccc21)CO3. The molecule has 10 nitrogen and oxygen atoms in total. The van der Waals surface area contributed by atoms with E-state index in [0.29, 0.717) is 49.1 Å². The van der Waals surface area contributed by atoms with E-state index in [9.17, 15) is 27.5 Å². The predicted molar refractivity (Wildman–Crippen MR) is 204 cm³/mol. The number of amides is 2. The summed E-state index contributed by atoms with van der Waals surface area (Å²) in [5.41, 5.74) is 0.234. The molecule has 0 aromatic heterocycles. The quantitative estimate of drug-likeness (QED) is 0.319. The average molecular weight is 780 g/mol. The molecule has 1 spiro atoms. The Kier molecular flexibility index (Phi) is 10.6. The van der Waals surface area contributed by atoms with Crippen LogP contribution in [0.3, 0.4) is 0 Å². The zero-order valence-corrected chi connectivity index (χ0v) is 32.4. The number of halogens is 2. The van der Waals surface area contributed by atoms with Crippen molar-refractivity contribution in [2.75, 3.05) is 45.3 Å². The molecule has 3 aromatic rings. The van der Waals surface area contributed by atoms with Gasteiger partial charge >= 0.3 is 0 Å². The molecule has 3 aromatic carbocycles. The van der Waals surface area contributed by atoms with Gasteiger partial charge in [0.1, 0.15) is 11.6 Å². The number of carbonyl (C=O) groups is 2. The summed E-state index contributed by atoms with van der Waals surface area (Å²) in [6.45, 7) is 3.39. The number of aliphatic hydroxyl groups is 1. The fourth-order valence-corrected chi connectivity index (χ4v) is 9.83. The molecule has 2 aliphatic carbocycles. The van der Waals surface area contributed by atoms with Crippen LogP contribution in [0.15, 0.2) is 71.6 Å². The number of nitrogens with one attached hydrogen (secondary N) is 1. The molecule has 0 radical (unpaired) electrons. The highest BCUT2D eigenvalue weighted by atomic mass is 35.5. The van der Waals surface area contributed by atoms with E-state index < -0.39 is 44.6 Å². The number of ether oxygens (including phenoxy) is 2. The van der Waals surface area contributed by atoms with Gasteiger partial charge in [0, 0.05) is 44.2 Å². The molecule has 2 heterocycles. The lowest BCUT2D eigenvalue weighted by molar-refractivity contribution is -0.148. The van der Waals surface area contributed by atoms with E-state index in [1.165, 1.54) is 41.1 Å². The summed E-state index contributed by atoms with van der Waals surface area (Å²) in [4.78, 5) is 31.1. The number of fused-ring (bicyclic) bond motifs is 4.